The maximum atomic E-state index is 5.33. The third-order valence-electron chi connectivity index (χ3n) is 3.21. The van der Waals surface area contributed by atoms with Crippen LogP contribution < -0.4 is 14.8 Å². The summed E-state index contributed by atoms with van der Waals surface area (Å²) in [6, 6.07) is 5.68. The number of aromatic nitrogens is 2. The van der Waals surface area contributed by atoms with E-state index in [4.69, 9.17) is 9.47 Å². The Hall–Kier alpha value is -2.17. The topological polar surface area (TPSA) is 48.3 Å². The Balaban J connectivity index is 2.16. The lowest BCUT2D eigenvalue weighted by molar-refractivity contribution is 0.404. The SMILES string of the molecule is COc1ccc(OC)c(NCc2cnn(C)c2C)c1. The van der Waals surface area contributed by atoms with Gasteiger partial charge >= 0.3 is 0 Å². The van der Waals surface area contributed by atoms with Gasteiger partial charge in [0, 0.05) is 30.9 Å². The summed E-state index contributed by atoms with van der Waals surface area (Å²) in [5, 5.41) is 7.58. The van der Waals surface area contributed by atoms with E-state index in [1.807, 2.05) is 43.0 Å². The smallest absolute Gasteiger partial charge is 0.142 e. The van der Waals surface area contributed by atoms with E-state index in [0.717, 1.165) is 28.4 Å². The lowest BCUT2D eigenvalue weighted by Crippen LogP contribution is -2.03. The highest BCUT2D eigenvalue weighted by Crippen LogP contribution is 2.29. The molecule has 102 valence electrons. The van der Waals surface area contributed by atoms with E-state index in [-0.39, 0.29) is 0 Å². The highest BCUT2D eigenvalue weighted by molar-refractivity contribution is 5.60. The van der Waals surface area contributed by atoms with E-state index in [1.165, 1.54) is 0 Å². The summed E-state index contributed by atoms with van der Waals surface area (Å²) >= 11 is 0. The van der Waals surface area contributed by atoms with Crippen LogP contribution in [0, 0.1) is 6.92 Å². The van der Waals surface area contributed by atoms with E-state index in [0.29, 0.717) is 6.54 Å². The molecule has 2 rings (SSSR count). The third kappa shape index (κ3) is 2.81. The summed E-state index contributed by atoms with van der Waals surface area (Å²) in [6.07, 6.45) is 1.87. The van der Waals surface area contributed by atoms with E-state index in [2.05, 4.69) is 10.4 Å². The van der Waals surface area contributed by atoms with Crippen molar-refractivity contribution in [1.29, 1.82) is 0 Å². The monoisotopic (exact) mass is 261 g/mol. The van der Waals surface area contributed by atoms with Crippen LogP contribution in [0.4, 0.5) is 5.69 Å². The molecule has 0 atom stereocenters. The first-order valence-electron chi connectivity index (χ1n) is 6.09. The van der Waals surface area contributed by atoms with Crippen molar-refractivity contribution in [2.75, 3.05) is 19.5 Å². The van der Waals surface area contributed by atoms with Crippen molar-refractivity contribution in [3.05, 3.63) is 35.7 Å². The largest absolute Gasteiger partial charge is 0.497 e. The van der Waals surface area contributed by atoms with Crippen LogP contribution in [0.3, 0.4) is 0 Å². The number of methoxy groups -OCH3 is 2. The van der Waals surface area contributed by atoms with E-state index >= 15 is 0 Å². The van der Waals surface area contributed by atoms with Crippen molar-refractivity contribution >= 4 is 5.69 Å². The highest BCUT2D eigenvalue weighted by Gasteiger charge is 2.07. The molecule has 0 radical (unpaired) electrons. The van der Waals surface area contributed by atoms with Crippen molar-refractivity contribution in [1.82, 2.24) is 9.78 Å². The number of hydrogen-bond donors (Lipinski definition) is 1. The van der Waals surface area contributed by atoms with Crippen molar-refractivity contribution < 1.29 is 9.47 Å². The summed E-state index contributed by atoms with van der Waals surface area (Å²) in [5.74, 6) is 1.59. The second kappa shape index (κ2) is 5.65. The molecule has 0 saturated carbocycles. The van der Waals surface area contributed by atoms with Crippen molar-refractivity contribution in [3.63, 3.8) is 0 Å². The Bertz CT molecular complexity index is 564. The number of hydrogen-bond acceptors (Lipinski definition) is 4. The number of ether oxygens (including phenoxy) is 2. The maximum absolute atomic E-state index is 5.33. The fourth-order valence-corrected chi connectivity index (χ4v) is 1.86. The number of benzene rings is 1. The van der Waals surface area contributed by atoms with Gasteiger partial charge in [0.15, 0.2) is 0 Å². The molecule has 1 heterocycles. The first kappa shape index (κ1) is 13.3. The van der Waals surface area contributed by atoms with Crippen LogP contribution in [0.25, 0.3) is 0 Å². The van der Waals surface area contributed by atoms with Crippen LogP contribution in [0.1, 0.15) is 11.3 Å². The van der Waals surface area contributed by atoms with Crippen LogP contribution >= 0.6 is 0 Å². The maximum Gasteiger partial charge on any atom is 0.142 e. The fraction of sp³-hybridized carbons (Fsp3) is 0.357. The third-order valence-corrected chi connectivity index (χ3v) is 3.21. The summed E-state index contributed by atoms with van der Waals surface area (Å²) in [6.45, 7) is 2.75. The molecule has 0 aliphatic rings. The Morgan fingerprint density at radius 1 is 1.26 bits per heavy atom. The van der Waals surface area contributed by atoms with Gasteiger partial charge in [-0.3, -0.25) is 4.68 Å². The van der Waals surface area contributed by atoms with E-state index in [1.54, 1.807) is 14.2 Å². The van der Waals surface area contributed by atoms with Crippen molar-refractivity contribution in [2.45, 2.75) is 13.5 Å². The minimum atomic E-state index is 0.698. The Morgan fingerprint density at radius 2 is 2.05 bits per heavy atom. The van der Waals surface area contributed by atoms with Gasteiger partial charge in [0.2, 0.25) is 0 Å². The van der Waals surface area contributed by atoms with Gasteiger partial charge in [-0.25, -0.2) is 0 Å². The summed E-state index contributed by atoms with van der Waals surface area (Å²) < 4.78 is 12.4. The summed E-state index contributed by atoms with van der Waals surface area (Å²) in [5.41, 5.74) is 3.21. The van der Waals surface area contributed by atoms with Crippen LogP contribution in [0.15, 0.2) is 24.4 Å². The zero-order chi connectivity index (χ0) is 13.8. The molecular formula is C14H19N3O2. The van der Waals surface area contributed by atoms with Crippen molar-refractivity contribution in [2.24, 2.45) is 7.05 Å². The molecule has 0 bridgehead atoms. The lowest BCUT2D eigenvalue weighted by atomic mass is 10.2. The second-order valence-corrected chi connectivity index (χ2v) is 4.30. The molecule has 5 heteroatoms. The lowest BCUT2D eigenvalue weighted by Gasteiger charge is -2.12. The fourth-order valence-electron chi connectivity index (χ4n) is 1.86. The van der Waals surface area contributed by atoms with E-state index < -0.39 is 0 Å². The molecule has 1 N–H and O–H groups in total. The van der Waals surface area contributed by atoms with Gasteiger partial charge in [-0.05, 0) is 19.1 Å². The van der Waals surface area contributed by atoms with Crippen molar-refractivity contribution in [3.8, 4) is 11.5 Å². The molecule has 1 aromatic carbocycles. The molecule has 0 saturated heterocycles. The molecule has 0 aliphatic heterocycles. The van der Waals surface area contributed by atoms with Gasteiger partial charge < -0.3 is 14.8 Å². The molecule has 0 fully saturated rings. The van der Waals surface area contributed by atoms with Gasteiger partial charge in [-0.2, -0.15) is 5.10 Å². The molecule has 0 aliphatic carbocycles. The standard InChI is InChI=1S/C14H19N3O2/c1-10-11(9-16-17(10)2)8-15-13-7-12(18-3)5-6-14(13)19-4/h5-7,9,15H,8H2,1-4H3. The first-order chi connectivity index (χ1) is 9.15. The molecule has 0 spiro atoms. The van der Waals surface area contributed by atoms with Gasteiger partial charge in [-0.15, -0.1) is 0 Å². The quantitative estimate of drug-likeness (QED) is 0.897. The van der Waals surface area contributed by atoms with Crippen LogP contribution in [-0.2, 0) is 13.6 Å². The number of nitrogens with zero attached hydrogens (tertiary/aromatic N) is 2. The Morgan fingerprint density at radius 3 is 2.63 bits per heavy atom. The molecule has 5 nitrogen and oxygen atoms in total. The van der Waals surface area contributed by atoms with Gasteiger partial charge in [-0.1, -0.05) is 0 Å². The zero-order valence-electron chi connectivity index (χ0n) is 11.7. The van der Waals surface area contributed by atoms with Crippen LogP contribution in [-0.4, -0.2) is 24.0 Å². The highest BCUT2D eigenvalue weighted by atomic mass is 16.5. The molecule has 2 aromatic rings. The molecule has 1 aromatic heterocycles. The van der Waals surface area contributed by atoms with Crippen LogP contribution in [0.5, 0.6) is 11.5 Å². The summed E-state index contributed by atoms with van der Waals surface area (Å²) in [4.78, 5) is 0. The predicted octanol–water partition coefficient (Wildman–Crippen LogP) is 2.36. The number of nitrogens with one attached hydrogen (secondary N) is 1. The molecule has 19 heavy (non-hydrogen) atoms. The van der Waals surface area contributed by atoms with E-state index in [9.17, 15) is 0 Å². The van der Waals surface area contributed by atoms with Gasteiger partial charge in [0.25, 0.3) is 0 Å². The number of aryl methyl sites for hydroxylation is 1. The molecular weight excluding hydrogens is 242 g/mol. The Kier molecular flexibility index (Phi) is 3.94. The van der Waals surface area contributed by atoms with Crippen LogP contribution in [0.2, 0.25) is 0 Å². The number of rotatable bonds is 5. The average Bonchev–Trinajstić information content (AvgIpc) is 2.76. The summed E-state index contributed by atoms with van der Waals surface area (Å²) in [7, 11) is 5.24. The minimum Gasteiger partial charge on any atom is -0.497 e. The average molecular weight is 261 g/mol. The zero-order valence-corrected chi connectivity index (χ0v) is 11.7. The second-order valence-electron chi connectivity index (χ2n) is 4.30. The molecule has 0 amide bonds. The van der Waals surface area contributed by atoms with Gasteiger partial charge in [0.05, 0.1) is 26.1 Å². The minimum absolute atomic E-state index is 0.698. The predicted molar refractivity (Wildman–Crippen MR) is 74.8 cm³/mol. The normalized spacial score (nSPS) is 10.3. The first-order valence-corrected chi connectivity index (χ1v) is 6.09. The Labute approximate surface area is 113 Å². The number of anilines is 1. The van der Waals surface area contributed by atoms with Gasteiger partial charge in [0.1, 0.15) is 11.5 Å². The molecule has 0 unspecified atom stereocenters.